The molecule has 4 heteroatoms. The fraction of sp³-hybridized carbons (Fsp3) is 0.308. The minimum atomic E-state index is 0.655. The Kier molecular flexibility index (Phi) is 2.76. The van der Waals surface area contributed by atoms with Gasteiger partial charge in [0.25, 0.3) is 0 Å². The maximum absolute atomic E-state index is 5.47. The number of para-hydroxylation sites is 1. The predicted molar refractivity (Wildman–Crippen MR) is 69.4 cm³/mol. The van der Waals surface area contributed by atoms with Crippen LogP contribution >= 0.6 is 15.9 Å². The Balaban J connectivity index is 2.16. The van der Waals surface area contributed by atoms with Gasteiger partial charge in [0, 0.05) is 12.0 Å². The van der Waals surface area contributed by atoms with E-state index >= 15 is 0 Å². The Labute approximate surface area is 109 Å². The van der Waals surface area contributed by atoms with Crippen molar-refractivity contribution < 1.29 is 4.74 Å². The van der Waals surface area contributed by atoms with E-state index in [2.05, 4.69) is 40.1 Å². The summed E-state index contributed by atoms with van der Waals surface area (Å²) in [5.74, 6) is 0. The molecule has 17 heavy (non-hydrogen) atoms. The zero-order valence-corrected chi connectivity index (χ0v) is 11.2. The average molecular weight is 293 g/mol. The number of halogens is 1. The van der Waals surface area contributed by atoms with E-state index in [1.165, 1.54) is 11.1 Å². The molecule has 88 valence electrons. The average Bonchev–Trinajstić information content (AvgIpc) is 2.68. The Morgan fingerprint density at radius 2 is 2.18 bits per heavy atom. The number of ether oxygens (including phenoxy) is 1. The van der Waals surface area contributed by atoms with Crippen molar-refractivity contribution >= 4 is 15.9 Å². The van der Waals surface area contributed by atoms with Gasteiger partial charge in [0.1, 0.15) is 4.60 Å². The Morgan fingerprint density at radius 3 is 2.94 bits per heavy atom. The van der Waals surface area contributed by atoms with Gasteiger partial charge in [-0.2, -0.15) is 5.10 Å². The zero-order chi connectivity index (χ0) is 11.8. The van der Waals surface area contributed by atoms with Gasteiger partial charge >= 0.3 is 0 Å². The van der Waals surface area contributed by atoms with Crippen LogP contribution in [-0.4, -0.2) is 16.4 Å². The maximum atomic E-state index is 5.47. The number of rotatable bonds is 1. The van der Waals surface area contributed by atoms with Crippen LogP contribution in [0.25, 0.3) is 5.69 Å². The fourth-order valence-corrected chi connectivity index (χ4v) is 2.73. The van der Waals surface area contributed by atoms with Gasteiger partial charge in [-0.3, -0.25) is 0 Å². The van der Waals surface area contributed by atoms with Gasteiger partial charge in [-0.15, -0.1) is 0 Å². The van der Waals surface area contributed by atoms with E-state index in [1.54, 1.807) is 0 Å². The van der Waals surface area contributed by atoms with Crippen LogP contribution in [0, 0.1) is 6.92 Å². The van der Waals surface area contributed by atoms with Crippen LogP contribution in [0.4, 0.5) is 0 Å². The number of nitrogens with zero attached hydrogens (tertiary/aromatic N) is 2. The van der Waals surface area contributed by atoms with Gasteiger partial charge in [0.15, 0.2) is 0 Å². The molecule has 0 spiro atoms. The highest BCUT2D eigenvalue weighted by molar-refractivity contribution is 9.10. The molecule has 0 radical (unpaired) electrons. The van der Waals surface area contributed by atoms with E-state index in [4.69, 9.17) is 4.74 Å². The molecule has 3 nitrogen and oxygen atoms in total. The molecule has 2 heterocycles. The molecule has 1 aliphatic heterocycles. The fourth-order valence-electron chi connectivity index (χ4n) is 2.12. The van der Waals surface area contributed by atoms with Crippen molar-refractivity contribution in [3.05, 3.63) is 45.7 Å². The van der Waals surface area contributed by atoms with Crippen molar-refractivity contribution in [2.45, 2.75) is 20.0 Å². The van der Waals surface area contributed by atoms with Crippen molar-refractivity contribution in [1.29, 1.82) is 0 Å². The first-order valence-electron chi connectivity index (χ1n) is 5.67. The summed E-state index contributed by atoms with van der Waals surface area (Å²) in [5, 5.41) is 4.67. The van der Waals surface area contributed by atoms with E-state index in [-0.39, 0.29) is 0 Å². The van der Waals surface area contributed by atoms with Crippen LogP contribution in [-0.2, 0) is 17.8 Å². The molecule has 0 atom stereocenters. The topological polar surface area (TPSA) is 27.1 Å². The third-order valence-corrected chi connectivity index (χ3v) is 3.89. The molecule has 0 saturated carbocycles. The van der Waals surface area contributed by atoms with Gasteiger partial charge in [0.05, 0.1) is 24.6 Å². The number of fused-ring (bicyclic) bond motifs is 1. The summed E-state index contributed by atoms with van der Waals surface area (Å²) >= 11 is 3.63. The largest absolute Gasteiger partial charge is 0.376 e. The van der Waals surface area contributed by atoms with Crippen molar-refractivity contribution in [1.82, 2.24) is 9.78 Å². The zero-order valence-electron chi connectivity index (χ0n) is 9.61. The van der Waals surface area contributed by atoms with Crippen LogP contribution in [0.2, 0.25) is 0 Å². The third kappa shape index (κ3) is 1.81. The highest BCUT2D eigenvalue weighted by atomic mass is 79.9. The SMILES string of the molecule is Cc1ccccc1-n1nc2c(c1Br)COCC2. The predicted octanol–water partition coefficient (Wildman–Crippen LogP) is 3.02. The smallest absolute Gasteiger partial charge is 0.115 e. The van der Waals surface area contributed by atoms with Crippen LogP contribution in [0.15, 0.2) is 28.9 Å². The van der Waals surface area contributed by atoms with Gasteiger partial charge < -0.3 is 4.74 Å². The summed E-state index contributed by atoms with van der Waals surface area (Å²) in [5.41, 5.74) is 4.66. The summed E-state index contributed by atoms with van der Waals surface area (Å²) in [7, 11) is 0. The molecule has 0 N–H and O–H groups in total. The molecule has 0 saturated heterocycles. The highest BCUT2D eigenvalue weighted by Gasteiger charge is 2.20. The molecule has 3 rings (SSSR count). The van der Waals surface area contributed by atoms with Crippen LogP contribution in [0.1, 0.15) is 16.8 Å². The summed E-state index contributed by atoms with van der Waals surface area (Å²) in [6.07, 6.45) is 0.896. The highest BCUT2D eigenvalue weighted by Crippen LogP contribution is 2.28. The van der Waals surface area contributed by atoms with Crippen molar-refractivity contribution in [3.63, 3.8) is 0 Å². The quantitative estimate of drug-likeness (QED) is 0.808. The van der Waals surface area contributed by atoms with Gasteiger partial charge in [-0.1, -0.05) is 18.2 Å². The van der Waals surface area contributed by atoms with Crippen molar-refractivity contribution in [2.75, 3.05) is 6.61 Å². The van der Waals surface area contributed by atoms with Gasteiger partial charge in [0.2, 0.25) is 0 Å². The second kappa shape index (κ2) is 4.27. The second-order valence-electron chi connectivity index (χ2n) is 4.22. The molecule has 0 unspecified atom stereocenters. The first-order chi connectivity index (χ1) is 8.27. The summed E-state index contributed by atoms with van der Waals surface area (Å²) in [6.45, 7) is 3.52. The number of aromatic nitrogens is 2. The van der Waals surface area contributed by atoms with Crippen LogP contribution < -0.4 is 0 Å². The lowest BCUT2D eigenvalue weighted by atomic mass is 10.2. The molecule has 0 amide bonds. The lowest BCUT2D eigenvalue weighted by Crippen LogP contribution is -2.08. The molecule has 0 aliphatic carbocycles. The molecule has 1 aliphatic rings. The maximum Gasteiger partial charge on any atom is 0.115 e. The third-order valence-electron chi connectivity index (χ3n) is 3.08. The molecule has 1 aromatic carbocycles. The Morgan fingerprint density at radius 1 is 1.35 bits per heavy atom. The van der Waals surface area contributed by atoms with Crippen molar-refractivity contribution in [3.8, 4) is 5.69 Å². The van der Waals surface area contributed by atoms with Crippen molar-refractivity contribution in [2.24, 2.45) is 0 Å². The summed E-state index contributed by atoms with van der Waals surface area (Å²) in [6, 6.07) is 8.25. The van der Waals surface area contributed by atoms with E-state index < -0.39 is 0 Å². The second-order valence-corrected chi connectivity index (χ2v) is 4.97. The Hall–Kier alpha value is -1.13. The molecule has 2 aromatic rings. The molecule has 1 aromatic heterocycles. The first-order valence-corrected chi connectivity index (χ1v) is 6.46. The number of hydrogen-bond acceptors (Lipinski definition) is 2. The minimum absolute atomic E-state index is 0.655. The van der Waals surface area contributed by atoms with Crippen LogP contribution in [0.5, 0.6) is 0 Å². The summed E-state index contributed by atoms with van der Waals surface area (Å²) < 4.78 is 8.46. The van der Waals surface area contributed by atoms with Crippen LogP contribution in [0.3, 0.4) is 0 Å². The number of hydrogen-bond donors (Lipinski definition) is 0. The van der Waals surface area contributed by atoms with E-state index in [9.17, 15) is 0 Å². The Bertz CT molecular complexity index is 563. The lowest BCUT2D eigenvalue weighted by Gasteiger charge is -2.10. The number of aryl methyl sites for hydroxylation is 1. The monoisotopic (exact) mass is 292 g/mol. The van der Waals surface area contributed by atoms with Gasteiger partial charge in [-0.25, -0.2) is 4.68 Å². The number of benzene rings is 1. The van der Waals surface area contributed by atoms with Gasteiger partial charge in [-0.05, 0) is 34.5 Å². The van der Waals surface area contributed by atoms with E-state index in [0.29, 0.717) is 6.61 Å². The summed E-state index contributed by atoms with van der Waals surface area (Å²) in [4.78, 5) is 0. The lowest BCUT2D eigenvalue weighted by molar-refractivity contribution is 0.110. The normalized spacial score (nSPS) is 14.7. The van der Waals surface area contributed by atoms with E-state index in [1.807, 2.05) is 16.8 Å². The standard InChI is InChI=1S/C13H13BrN2O/c1-9-4-2-3-5-12(9)16-13(14)10-8-17-7-6-11(10)15-16/h2-5H,6-8H2,1H3. The molecule has 0 bridgehead atoms. The first kappa shape index (κ1) is 11.0. The molecular weight excluding hydrogens is 280 g/mol. The molecular formula is C13H13BrN2O. The minimum Gasteiger partial charge on any atom is -0.376 e. The molecule has 0 fully saturated rings. The van der Waals surface area contributed by atoms with E-state index in [0.717, 1.165) is 29.0 Å².